The number of rotatable bonds is 4. The van der Waals surface area contributed by atoms with Crippen LogP contribution < -0.4 is 10.6 Å². The van der Waals surface area contributed by atoms with Crippen molar-refractivity contribution in [1.82, 2.24) is 30.0 Å². The summed E-state index contributed by atoms with van der Waals surface area (Å²) in [4.78, 5) is 58.6. The largest absolute Gasteiger partial charge is 0.354 e. The fourth-order valence-corrected chi connectivity index (χ4v) is 4.11. The van der Waals surface area contributed by atoms with Crippen LogP contribution in [0.25, 0.3) is 0 Å². The molecule has 2 aliphatic rings. The molecule has 0 aliphatic carbocycles. The Hall–Kier alpha value is -3.69. The normalized spacial score (nSPS) is 21.1. The molecule has 0 spiro atoms. The Labute approximate surface area is 185 Å². The highest BCUT2D eigenvalue weighted by Crippen LogP contribution is 2.18. The Bertz CT molecular complexity index is 1020. The van der Waals surface area contributed by atoms with E-state index < -0.39 is 18.0 Å². The van der Waals surface area contributed by atoms with Crippen LogP contribution in [0.15, 0.2) is 42.9 Å². The number of aromatic nitrogens is 2. The Morgan fingerprint density at radius 3 is 2.69 bits per heavy atom. The topological polar surface area (TPSA) is 117 Å². The summed E-state index contributed by atoms with van der Waals surface area (Å²) in [5.41, 5.74) is 0.866. The lowest BCUT2D eigenvalue weighted by atomic mass is 10.0. The van der Waals surface area contributed by atoms with E-state index in [1.807, 2.05) is 0 Å². The van der Waals surface area contributed by atoms with E-state index in [0.29, 0.717) is 30.8 Å². The summed E-state index contributed by atoms with van der Waals surface area (Å²) in [6.07, 6.45) is 6.10. The van der Waals surface area contributed by atoms with Crippen LogP contribution >= 0.6 is 0 Å². The molecule has 2 aromatic heterocycles. The second kappa shape index (κ2) is 9.21. The number of hydrogen-bond donors (Lipinski definition) is 2. The predicted molar refractivity (Wildman–Crippen MR) is 115 cm³/mol. The minimum Gasteiger partial charge on any atom is -0.354 e. The first kappa shape index (κ1) is 21.5. The molecule has 2 N–H and O–H groups in total. The molecule has 168 valence electrons. The zero-order valence-corrected chi connectivity index (χ0v) is 17.9. The van der Waals surface area contributed by atoms with Gasteiger partial charge in [0, 0.05) is 45.3 Å². The number of carbonyl (C=O) groups excluding carboxylic acids is 4. The lowest BCUT2D eigenvalue weighted by Crippen LogP contribution is -2.63. The van der Waals surface area contributed by atoms with Gasteiger partial charge < -0.3 is 25.0 Å². The van der Waals surface area contributed by atoms with Gasteiger partial charge in [-0.2, -0.15) is 0 Å². The molecule has 2 fully saturated rings. The number of piperidine rings is 1. The van der Waals surface area contributed by atoms with Gasteiger partial charge in [-0.05, 0) is 37.1 Å². The molecule has 10 nitrogen and oxygen atoms in total. The second-order valence-electron chi connectivity index (χ2n) is 8.01. The fraction of sp³-hybridized carbons (Fsp3) is 0.409. The number of nitrogens with one attached hydrogen (secondary N) is 2. The number of hydrogen-bond acceptors (Lipinski definition) is 5. The monoisotopic (exact) mass is 438 g/mol. The molecule has 10 heteroatoms. The minimum absolute atomic E-state index is 0.0379. The third-order valence-electron chi connectivity index (χ3n) is 5.90. The first-order chi connectivity index (χ1) is 15.5. The average Bonchev–Trinajstić information content (AvgIpc) is 3.25. The van der Waals surface area contributed by atoms with Crippen molar-refractivity contribution in [2.24, 2.45) is 7.05 Å². The predicted octanol–water partition coefficient (Wildman–Crippen LogP) is -0.218. The van der Waals surface area contributed by atoms with Crippen LogP contribution in [-0.4, -0.2) is 81.2 Å². The molecule has 0 radical (unpaired) electrons. The van der Waals surface area contributed by atoms with Gasteiger partial charge in [-0.3, -0.25) is 24.2 Å². The number of piperazine rings is 1. The van der Waals surface area contributed by atoms with E-state index in [1.54, 1.807) is 53.2 Å². The number of carbonyl (C=O) groups is 4. The van der Waals surface area contributed by atoms with Crippen molar-refractivity contribution in [3.05, 3.63) is 54.1 Å². The standard InChI is InChI=1S/C22H26N6O4/c1-26-10-4-7-17(26)22(32)27-11-12-28(21(31)15-5-2-8-23-13-15)18(14-27)20(30)25-16-6-3-9-24-19(16)29/h2,4-5,7-8,10,13,16,18H,3,6,9,11-12,14H2,1H3,(H,24,29)(H,25,30). The maximum absolute atomic E-state index is 13.2. The molecular weight excluding hydrogens is 412 g/mol. The van der Waals surface area contributed by atoms with Gasteiger partial charge in [0.15, 0.2) is 0 Å². The maximum atomic E-state index is 13.2. The summed E-state index contributed by atoms with van der Waals surface area (Å²) in [7, 11) is 1.78. The van der Waals surface area contributed by atoms with Crippen LogP contribution in [0.4, 0.5) is 0 Å². The molecule has 2 unspecified atom stereocenters. The van der Waals surface area contributed by atoms with Gasteiger partial charge >= 0.3 is 0 Å². The maximum Gasteiger partial charge on any atom is 0.270 e. The third-order valence-corrected chi connectivity index (χ3v) is 5.90. The van der Waals surface area contributed by atoms with Crippen molar-refractivity contribution in [1.29, 1.82) is 0 Å². The fourth-order valence-electron chi connectivity index (χ4n) is 4.11. The molecule has 4 heterocycles. The molecule has 2 aromatic rings. The molecule has 0 saturated carbocycles. The Morgan fingerprint density at radius 2 is 2.00 bits per heavy atom. The van der Waals surface area contributed by atoms with Crippen molar-refractivity contribution >= 4 is 23.6 Å². The highest BCUT2D eigenvalue weighted by molar-refractivity contribution is 5.99. The van der Waals surface area contributed by atoms with Crippen molar-refractivity contribution in [3.8, 4) is 0 Å². The van der Waals surface area contributed by atoms with Crippen LogP contribution in [0.2, 0.25) is 0 Å². The minimum atomic E-state index is -0.921. The van der Waals surface area contributed by atoms with E-state index in [0.717, 1.165) is 6.42 Å². The number of amides is 4. The molecule has 4 rings (SSSR count). The van der Waals surface area contributed by atoms with Crippen LogP contribution in [-0.2, 0) is 16.6 Å². The van der Waals surface area contributed by atoms with Crippen LogP contribution in [0, 0.1) is 0 Å². The second-order valence-corrected chi connectivity index (χ2v) is 8.01. The quantitative estimate of drug-likeness (QED) is 0.685. The third kappa shape index (κ3) is 4.34. The van der Waals surface area contributed by atoms with Gasteiger partial charge in [0.25, 0.3) is 11.8 Å². The van der Waals surface area contributed by atoms with Gasteiger partial charge in [-0.25, -0.2) is 0 Å². The van der Waals surface area contributed by atoms with Gasteiger partial charge in [0.05, 0.1) is 12.1 Å². The number of pyridine rings is 1. The zero-order valence-electron chi connectivity index (χ0n) is 17.9. The van der Waals surface area contributed by atoms with Gasteiger partial charge in [0.1, 0.15) is 17.8 Å². The summed E-state index contributed by atoms with van der Waals surface area (Å²) >= 11 is 0. The lowest BCUT2D eigenvalue weighted by molar-refractivity contribution is -0.133. The van der Waals surface area contributed by atoms with E-state index in [2.05, 4.69) is 15.6 Å². The summed E-state index contributed by atoms with van der Waals surface area (Å²) in [6, 6.07) is 5.23. The summed E-state index contributed by atoms with van der Waals surface area (Å²) in [5, 5.41) is 5.52. The van der Waals surface area contributed by atoms with E-state index in [-0.39, 0.29) is 30.8 Å². The summed E-state index contributed by atoms with van der Waals surface area (Å²) < 4.78 is 1.72. The van der Waals surface area contributed by atoms with E-state index in [4.69, 9.17) is 0 Å². The van der Waals surface area contributed by atoms with Gasteiger partial charge in [-0.15, -0.1) is 0 Å². The lowest BCUT2D eigenvalue weighted by Gasteiger charge is -2.41. The van der Waals surface area contributed by atoms with Crippen molar-refractivity contribution < 1.29 is 19.2 Å². The Morgan fingerprint density at radius 1 is 1.16 bits per heavy atom. The average molecular weight is 438 g/mol. The summed E-state index contributed by atoms with van der Waals surface area (Å²) in [5.74, 6) is -1.23. The number of nitrogens with zero attached hydrogens (tertiary/aromatic N) is 4. The van der Waals surface area contributed by atoms with Crippen LogP contribution in [0.3, 0.4) is 0 Å². The van der Waals surface area contributed by atoms with E-state index in [9.17, 15) is 19.2 Å². The molecule has 2 aliphatic heterocycles. The first-order valence-corrected chi connectivity index (χ1v) is 10.7. The number of aryl methyl sites for hydroxylation is 1. The zero-order chi connectivity index (χ0) is 22.7. The molecule has 0 bridgehead atoms. The molecular formula is C22H26N6O4. The van der Waals surface area contributed by atoms with Crippen molar-refractivity contribution in [2.45, 2.75) is 24.9 Å². The SMILES string of the molecule is Cn1cccc1C(=O)N1CCN(C(=O)c2cccnc2)C(C(=O)NC2CCCNC2=O)C1. The Balaban J connectivity index is 1.56. The van der Waals surface area contributed by atoms with Gasteiger partial charge in [-0.1, -0.05) is 0 Å². The molecule has 4 amide bonds. The molecule has 2 atom stereocenters. The summed E-state index contributed by atoms with van der Waals surface area (Å²) in [6.45, 7) is 1.11. The van der Waals surface area contributed by atoms with Crippen molar-refractivity contribution in [3.63, 3.8) is 0 Å². The van der Waals surface area contributed by atoms with E-state index in [1.165, 1.54) is 11.1 Å². The first-order valence-electron chi connectivity index (χ1n) is 10.7. The van der Waals surface area contributed by atoms with E-state index >= 15 is 0 Å². The smallest absolute Gasteiger partial charge is 0.270 e. The molecule has 32 heavy (non-hydrogen) atoms. The van der Waals surface area contributed by atoms with Crippen molar-refractivity contribution in [2.75, 3.05) is 26.2 Å². The molecule has 2 saturated heterocycles. The molecule has 0 aromatic carbocycles. The Kier molecular flexibility index (Phi) is 6.20. The van der Waals surface area contributed by atoms with Gasteiger partial charge in [0.2, 0.25) is 11.8 Å². The van der Waals surface area contributed by atoms with Crippen LogP contribution in [0.1, 0.15) is 33.7 Å². The van der Waals surface area contributed by atoms with Crippen LogP contribution in [0.5, 0.6) is 0 Å². The highest BCUT2D eigenvalue weighted by atomic mass is 16.2. The highest BCUT2D eigenvalue weighted by Gasteiger charge is 2.39.